The molecule has 1 aliphatic rings. The van der Waals surface area contributed by atoms with Gasteiger partial charge in [-0.15, -0.1) is 11.3 Å². The van der Waals surface area contributed by atoms with Crippen LogP contribution in [0.5, 0.6) is 0 Å². The minimum Gasteiger partial charge on any atom is -0.469 e. The second-order valence-electron chi connectivity index (χ2n) is 6.92. The second-order valence-corrected chi connectivity index (χ2v) is 7.78. The Balaban J connectivity index is 1.39. The zero-order valence-corrected chi connectivity index (χ0v) is 16.6. The van der Waals surface area contributed by atoms with Gasteiger partial charge in [0.2, 0.25) is 5.91 Å². The molecule has 3 aromatic rings. The van der Waals surface area contributed by atoms with E-state index in [1.807, 2.05) is 29.5 Å². The Hall–Kier alpha value is -2.93. The fourth-order valence-corrected chi connectivity index (χ4v) is 4.33. The summed E-state index contributed by atoms with van der Waals surface area (Å²) >= 11 is 1.31. The van der Waals surface area contributed by atoms with Crippen LogP contribution in [0, 0.1) is 6.92 Å². The monoisotopic (exact) mass is 395 g/mol. The summed E-state index contributed by atoms with van der Waals surface area (Å²) in [6.07, 6.45) is 3.64. The molecule has 0 saturated carbocycles. The van der Waals surface area contributed by atoms with Gasteiger partial charge in [-0.2, -0.15) is 0 Å². The first-order chi connectivity index (χ1) is 13.5. The maximum atomic E-state index is 12.8. The van der Waals surface area contributed by atoms with Gasteiger partial charge in [0.25, 0.3) is 5.91 Å². The van der Waals surface area contributed by atoms with Gasteiger partial charge in [-0.1, -0.05) is 24.3 Å². The predicted molar refractivity (Wildman–Crippen MR) is 107 cm³/mol. The number of carbonyl (C=O) groups is 2. The Labute approximate surface area is 167 Å². The largest absolute Gasteiger partial charge is 0.469 e. The molecule has 0 bridgehead atoms. The van der Waals surface area contributed by atoms with E-state index in [0.717, 1.165) is 12.8 Å². The highest BCUT2D eigenvalue weighted by Crippen LogP contribution is 2.35. The van der Waals surface area contributed by atoms with Gasteiger partial charge in [-0.3, -0.25) is 14.9 Å². The van der Waals surface area contributed by atoms with Gasteiger partial charge in [-0.05, 0) is 37.0 Å². The summed E-state index contributed by atoms with van der Waals surface area (Å²) in [6, 6.07) is 10.0. The van der Waals surface area contributed by atoms with E-state index >= 15 is 0 Å². The molecule has 0 saturated heterocycles. The molecule has 28 heavy (non-hydrogen) atoms. The van der Waals surface area contributed by atoms with Crippen LogP contribution >= 0.6 is 11.3 Å². The molecule has 2 aromatic heterocycles. The number of likely N-dealkylation sites (N-methyl/N-ethyl adjacent to an activating group) is 1. The lowest BCUT2D eigenvalue weighted by atomic mass is 10.1. The normalized spacial score (nSPS) is 15.3. The van der Waals surface area contributed by atoms with Gasteiger partial charge in [0.15, 0.2) is 5.13 Å². The molecule has 6 nitrogen and oxygen atoms in total. The van der Waals surface area contributed by atoms with Crippen molar-refractivity contribution in [2.45, 2.75) is 32.2 Å². The molecule has 1 atom stereocenters. The van der Waals surface area contributed by atoms with Gasteiger partial charge in [0.05, 0.1) is 30.0 Å². The van der Waals surface area contributed by atoms with Crippen molar-refractivity contribution in [2.24, 2.45) is 0 Å². The molecule has 2 heterocycles. The zero-order valence-electron chi connectivity index (χ0n) is 15.8. The van der Waals surface area contributed by atoms with Crippen LogP contribution in [0.15, 0.2) is 46.4 Å². The summed E-state index contributed by atoms with van der Waals surface area (Å²) in [5, 5.41) is 5.05. The Morgan fingerprint density at radius 3 is 2.93 bits per heavy atom. The quantitative estimate of drug-likeness (QED) is 0.709. The molecule has 1 aromatic carbocycles. The highest BCUT2D eigenvalue weighted by atomic mass is 32.1. The molecular formula is C21H21N3O3S. The molecule has 144 valence electrons. The predicted octanol–water partition coefficient (Wildman–Crippen LogP) is 3.99. The standard InChI is InChI=1S/C21H21N3O3S/c1-13-16(9-10-27-13)20(26)23-21-22-15(12-28-21)11-19(25)24(2)18-8-7-14-5-3-4-6-17(14)18/h3-6,9-10,12,18H,7-8,11H2,1-2H3,(H,22,23,26). The number of thiazole rings is 1. The maximum Gasteiger partial charge on any atom is 0.260 e. The van der Waals surface area contributed by atoms with E-state index < -0.39 is 0 Å². The summed E-state index contributed by atoms with van der Waals surface area (Å²) in [4.78, 5) is 31.2. The van der Waals surface area contributed by atoms with Crippen LogP contribution in [0.1, 0.15) is 45.4 Å². The highest BCUT2D eigenvalue weighted by Gasteiger charge is 2.28. The van der Waals surface area contributed by atoms with Crippen molar-refractivity contribution in [1.82, 2.24) is 9.88 Å². The number of aryl methyl sites for hydroxylation is 2. The van der Waals surface area contributed by atoms with Crippen molar-refractivity contribution in [3.05, 3.63) is 70.1 Å². The first kappa shape index (κ1) is 18.4. The SMILES string of the molecule is Cc1occc1C(=O)Nc1nc(CC(=O)N(C)C2CCc3ccccc32)cs1. The molecule has 7 heteroatoms. The molecule has 1 N–H and O–H groups in total. The summed E-state index contributed by atoms with van der Waals surface area (Å²) in [6.45, 7) is 1.73. The van der Waals surface area contributed by atoms with Crippen molar-refractivity contribution >= 4 is 28.3 Å². The fraction of sp³-hybridized carbons (Fsp3) is 0.286. The van der Waals surface area contributed by atoms with Crippen LogP contribution in [-0.2, 0) is 17.6 Å². The molecule has 4 rings (SSSR count). The summed E-state index contributed by atoms with van der Waals surface area (Å²) in [5.41, 5.74) is 3.69. The summed E-state index contributed by atoms with van der Waals surface area (Å²) in [7, 11) is 1.85. The van der Waals surface area contributed by atoms with Crippen LogP contribution < -0.4 is 5.32 Å². The van der Waals surface area contributed by atoms with E-state index in [-0.39, 0.29) is 24.3 Å². The van der Waals surface area contributed by atoms with Gasteiger partial charge in [0, 0.05) is 12.4 Å². The highest BCUT2D eigenvalue weighted by molar-refractivity contribution is 7.14. The first-order valence-corrected chi connectivity index (χ1v) is 10.0. The zero-order chi connectivity index (χ0) is 19.7. The van der Waals surface area contributed by atoms with Gasteiger partial charge in [-0.25, -0.2) is 4.98 Å². The molecule has 0 aliphatic heterocycles. The van der Waals surface area contributed by atoms with Crippen molar-refractivity contribution in [2.75, 3.05) is 12.4 Å². The van der Waals surface area contributed by atoms with Crippen molar-refractivity contribution in [1.29, 1.82) is 0 Å². The number of nitrogens with one attached hydrogen (secondary N) is 1. The molecule has 1 aliphatic carbocycles. The molecule has 2 amide bonds. The number of nitrogens with zero attached hydrogens (tertiary/aromatic N) is 2. The van der Waals surface area contributed by atoms with E-state index in [9.17, 15) is 9.59 Å². The average Bonchev–Trinajstić information content (AvgIpc) is 3.41. The number of benzene rings is 1. The van der Waals surface area contributed by atoms with E-state index in [1.54, 1.807) is 13.0 Å². The smallest absolute Gasteiger partial charge is 0.260 e. The number of furan rings is 1. The summed E-state index contributed by atoms with van der Waals surface area (Å²) in [5.74, 6) is 0.316. The molecule has 1 unspecified atom stereocenters. The Morgan fingerprint density at radius 1 is 1.32 bits per heavy atom. The number of anilines is 1. The minimum absolute atomic E-state index is 0.0237. The average molecular weight is 395 g/mol. The molecule has 0 fully saturated rings. The van der Waals surface area contributed by atoms with Gasteiger partial charge in [0.1, 0.15) is 5.76 Å². The Kier molecular flexibility index (Phi) is 5.00. The number of amides is 2. The minimum atomic E-state index is -0.266. The molecule has 0 spiro atoms. The van der Waals surface area contributed by atoms with E-state index in [1.165, 1.54) is 28.7 Å². The van der Waals surface area contributed by atoms with E-state index in [2.05, 4.69) is 22.4 Å². The third-order valence-electron chi connectivity index (χ3n) is 5.17. The third-order valence-corrected chi connectivity index (χ3v) is 5.98. The second kappa shape index (κ2) is 7.59. The number of aromatic nitrogens is 1. The lowest BCUT2D eigenvalue weighted by molar-refractivity contribution is -0.131. The van der Waals surface area contributed by atoms with Crippen LogP contribution in [0.3, 0.4) is 0 Å². The maximum absolute atomic E-state index is 12.8. The number of fused-ring (bicyclic) bond motifs is 1. The number of carbonyl (C=O) groups excluding carboxylic acids is 2. The fourth-order valence-electron chi connectivity index (χ4n) is 3.62. The number of hydrogen-bond acceptors (Lipinski definition) is 5. The Bertz CT molecular complexity index is 1020. The Morgan fingerprint density at radius 2 is 2.14 bits per heavy atom. The van der Waals surface area contributed by atoms with Gasteiger partial charge < -0.3 is 9.32 Å². The van der Waals surface area contributed by atoms with E-state index in [4.69, 9.17) is 4.42 Å². The van der Waals surface area contributed by atoms with Crippen LogP contribution in [-0.4, -0.2) is 28.7 Å². The summed E-state index contributed by atoms with van der Waals surface area (Å²) < 4.78 is 5.15. The van der Waals surface area contributed by atoms with Crippen molar-refractivity contribution < 1.29 is 14.0 Å². The molecular weight excluding hydrogens is 374 g/mol. The van der Waals surface area contributed by atoms with Gasteiger partial charge >= 0.3 is 0 Å². The van der Waals surface area contributed by atoms with Crippen molar-refractivity contribution in [3.63, 3.8) is 0 Å². The number of rotatable bonds is 5. The van der Waals surface area contributed by atoms with Crippen LogP contribution in [0.2, 0.25) is 0 Å². The van der Waals surface area contributed by atoms with Crippen LogP contribution in [0.4, 0.5) is 5.13 Å². The lowest BCUT2D eigenvalue weighted by Gasteiger charge is -2.25. The lowest BCUT2D eigenvalue weighted by Crippen LogP contribution is -2.31. The van der Waals surface area contributed by atoms with E-state index in [0.29, 0.717) is 22.1 Å². The molecule has 0 radical (unpaired) electrons. The third kappa shape index (κ3) is 3.57. The first-order valence-electron chi connectivity index (χ1n) is 9.16. The topological polar surface area (TPSA) is 75.4 Å². The number of hydrogen-bond donors (Lipinski definition) is 1. The van der Waals surface area contributed by atoms with Crippen molar-refractivity contribution in [3.8, 4) is 0 Å². The van der Waals surface area contributed by atoms with Crippen LogP contribution in [0.25, 0.3) is 0 Å².